The number of halogens is 1. The molecule has 156 valence electrons. The summed E-state index contributed by atoms with van der Waals surface area (Å²) in [6, 6.07) is 11.7. The van der Waals surface area contributed by atoms with E-state index in [9.17, 15) is 19.7 Å². The van der Waals surface area contributed by atoms with Gasteiger partial charge in [0.2, 0.25) is 0 Å². The van der Waals surface area contributed by atoms with Gasteiger partial charge < -0.3 is 10.2 Å². The number of benzene rings is 2. The standard InChI is InChI=1S/C22H22ClN3O4/c23-17-4-1-14(2-5-17)21(27)15-9-11-25(12-10-15)19-8-3-16(13-20(19)26(29)30)22(28)24-18-6-7-18/h1-5,8,13,15,18H,6-7,9-12H2,(H,24,28). The van der Waals surface area contributed by atoms with E-state index in [4.69, 9.17) is 11.6 Å². The lowest BCUT2D eigenvalue weighted by Crippen LogP contribution is -2.36. The van der Waals surface area contributed by atoms with Crippen LogP contribution in [0.2, 0.25) is 5.02 Å². The van der Waals surface area contributed by atoms with E-state index in [1.165, 1.54) is 6.07 Å². The Morgan fingerprint density at radius 2 is 1.63 bits per heavy atom. The molecule has 1 saturated carbocycles. The van der Waals surface area contributed by atoms with Crippen LogP contribution >= 0.6 is 11.6 Å². The largest absolute Gasteiger partial charge is 0.366 e. The number of ketones is 1. The minimum absolute atomic E-state index is 0.0768. The Morgan fingerprint density at radius 1 is 1.00 bits per heavy atom. The molecule has 2 aromatic carbocycles. The van der Waals surface area contributed by atoms with Crippen LogP contribution < -0.4 is 10.2 Å². The molecule has 0 radical (unpaired) electrons. The molecular weight excluding hydrogens is 406 g/mol. The van der Waals surface area contributed by atoms with Crippen LogP contribution in [0.1, 0.15) is 46.4 Å². The number of rotatable bonds is 6. The average Bonchev–Trinajstić information content (AvgIpc) is 3.57. The summed E-state index contributed by atoms with van der Waals surface area (Å²) in [4.78, 5) is 38.1. The number of nitro benzene ring substituents is 1. The number of anilines is 1. The molecule has 1 saturated heterocycles. The summed E-state index contributed by atoms with van der Waals surface area (Å²) in [5, 5.41) is 15.1. The van der Waals surface area contributed by atoms with E-state index in [1.54, 1.807) is 36.4 Å². The molecule has 0 aromatic heterocycles. The fourth-order valence-electron chi connectivity index (χ4n) is 3.81. The van der Waals surface area contributed by atoms with Gasteiger partial charge in [-0.25, -0.2) is 0 Å². The maximum atomic E-state index is 12.7. The van der Waals surface area contributed by atoms with Crippen molar-refractivity contribution in [3.8, 4) is 0 Å². The Kier molecular flexibility index (Phi) is 5.72. The molecule has 0 spiro atoms. The van der Waals surface area contributed by atoms with Gasteiger partial charge in [-0.15, -0.1) is 0 Å². The van der Waals surface area contributed by atoms with Gasteiger partial charge >= 0.3 is 0 Å². The fraction of sp³-hybridized carbons (Fsp3) is 0.364. The van der Waals surface area contributed by atoms with Gasteiger partial charge in [-0.2, -0.15) is 0 Å². The minimum atomic E-state index is -0.450. The zero-order valence-corrected chi connectivity index (χ0v) is 17.1. The van der Waals surface area contributed by atoms with Gasteiger partial charge in [0.15, 0.2) is 5.78 Å². The van der Waals surface area contributed by atoms with E-state index >= 15 is 0 Å². The van der Waals surface area contributed by atoms with E-state index in [-0.39, 0.29) is 29.3 Å². The lowest BCUT2D eigenvalue weighted by Gasteiger charge is -2.32. The van der Waals surface area contributed by atoms with Crippen molar-refractivity contribution in [2.75, 3.05) is 18.0 Å². The molecule has 0 bridgehead atoms. The first-order valence-corrected chi connectivity index (χ1v) is 10.4. The SMILES string of the molecule is O=C(NC1CC1)c1ccc(N2CCC(C(=O)c3ccc(Cl)cc3)CC2)c([N+](=O)[O-])c1. The van der Waals surface area contributed by atoms with Crippen molar-refractivity contribution in [3.05, 3.63) is 68.7 Å². The average molecular weight is 428 g/mol. The number of piperidine rings is 1. The number of nitrogens with one attached hydrogen (secondary N) is 1. The predicted octanol–water partition coefficient (Wildman–Crippen LogP) is 4.24. The van der Waals surface area contributed by atoms with Crippen LogP contribution in [0.25, 0.3) is 0 Å². The molecular formula is C22H22ClN3O4. The van der Waals surface area contributed by atoms with Gasteiger partial charge in [0.25, 0.3) is 11.6 Å². The summed E-state index contributed by atoms with van der Waals surface area (Å²) in [6.07, 6.45) is 3.14. The van der Waals surface area contributed by atoms with Gasteiger partial charge in [0, 0.05) is 47.3 Å². The first kappa shape index (κ1) is 20.3. The molecule has 7 nitrogen and oxygen atoms in total. The number of carbonyl (C=O) groups excluding carboxylic acids is 2. The third-order valence-electron chi connectivity index (χ3n) is 5.68. The Bertz CT molecular complexity index is 980. The topological polar surface area (TPSA) is 92.6 Å². The summed E-state index contributed by atoms with van der Waals surface area (Å²) >= 11 is 5.89. The molecule has 30 heavy (non-hydrogen) atoms. The number of hydrogen-bond donors (Lipinski definition) is 1. The monoisotopic (exact) mass is 427 g/mol. The molecule has 1 heterocycles. The highest BCUT2D eigenvalue weighted by atomic mass is 35.5. The lowest BCUT2D eigenvalue weighted by atomic mass is 9.88. The number of hydrogen-bond acceptors (Lipinski definition) is 5. The maximum Gasteiger partial charge on any atom is 0.293 e. The van der Waals surface area contributed by atoms with Gasteiger partial charge in [-0.05, 0) is 62.1 Å². The Labute approximate surface area is 179 Å². The summed E-state index contributed by atoms with van der Waals surface area (Å²) in [6.45, 7) is 1.08. The molecule has 4 rings (SSSR count). The quantitative estimate of drug-likeness (QED) is 0.423. The number of nitro groups is 1. The fourth-order valence-corrected chi connectivity index (χ4v) is 3.93. The van der Waals surface area contributed by atoms with Crippen LogP contribution in [0.15, 0.2) is 42.5 Å². The molecule has 1 aliphatic heterocycles. The Balaban J connectivity index is 1.45. The predicted molar refractivity (Wildman–Crippen MR) is 114 cm³/mol. The highest BCUT2D eigenvalue weighted by Gasteiger charge is 2.30. The van der Waals surface area contributed by atoms with Crippen molar-refractivity contribution >= 4 is 34.7 Å². The van der Waals surface area contributed by atoms with Crippen molar-refractivity contribution in [2.45, 2.75) is 31.7 Å². The van der Waals surface area contributed by atoms with Gasteiger partial charge in [0.05, 0.1) is 4.92 Å². The van der Waals surface area contributed by atoms with Gasteiger partial charge in [-0.1, -0.05) is 11.6 Å². The van der Waals surface area contributed by atoms with Crippen LogP contribution in [0.4, 0.5) is 11.4 Å². The Morgan fingerprint density at radius 3 is 2.23 bits per heavy atom. The molecule has 1 aliphatic carbocycles. The van der Waals surface area contributed by atoms with Crippen LogP contribution in [0.3, 0.4) is 0 Å². The van der Waals surface area contributed by atoms with Crippen LogP contribution in [0, 0.1) is 16.0 Å². The van der Waals surface area contributed by atoms with Crippen molar-refractivity contribution in [2.24, 2.45) is 5.92 Å². The molecule has 1 N–H and O–H groups in total. The van der Waals surface area contributed by atoms with E-state index in [2.05, 4.69) is 5.32 Å². The summed E-state index contributed by atoms with van der Waals surface area (Å²) in [5.41, 5.74) is 1.33. The van der Waals surface area contributed by atoms with Gasteiger partial charge in [-0.3, -0.25) is 19.7 Å². The number of carbonyl (C=O) groups is 2. The molecule has 2 aromatic rings. The number of Topliss-reactive ketones (excluding diaryl/α,β-unsaturated/α-hetero) is 1. The number of amides is 1. The van der Waals surface area contributed by atoms with Gasteiger partial charge in [0.1, 0.15) is 5.69 Å². The summed E-state index contributed by atoms with van der Waals surface area (Å²) in [5.74, 6) is -0.322. The molecule has 0 atom stereocenters. The minimum Gasteiger partial charge on any atom is -0.366 e. The van der Waals surface area contributed by atoms with Crippen molar-refractivity contribution in [1.29, 1.82) is 0 Å². The van der Waals surface area contributed by atoms with Crippen LogP contribution in [-0.2, 0) is 0 Å². The van der Waals surface area contributed by atoms with Crippen molar-refractivity contribution in [1.82, 2.24) is 5.32 Å². The second-order valence-electron chi connectivity index (χ2n) is 7.84. The van der Waals surface area contributed by atoms with E-state index in [0.717, 1.165) is 12.8 Å². The zero-order chi connectivity index (χ0) is 21.3. The third-order valence-corrected chi connectivity index (χ3v) is 5.93. The van der Waals surface area contributed by atoms with Crippen molar-refractivity contribution < 1.29 is 14.5 Å². The first-order chi connectivity index (χ1) is 14.4. The van der Waals surface area contributed by atoms with E-state index < -0.39 is 4.92 Å². The third kappa shape index (κ3) is 4.46. The zero-order valence-electron chi connectivity index (χ0n) is 16.3. The molecule has 2 aliphatic rings. The second-order valence-corrected chi connectivity index (χ2v) is 8.28. The van der Waals surface area contributed by atoms with Crippen LogP contribution in [0.5, 0.6) is 0 Å². The first-order valence-electron chi connectivity index (χ1n) is 10.1. The molecule has 0 unspecified atom stereocenters. The molecule has 2 fully saturated rings. The van der Waals surface area contributed by atoms with Crippen LogP contribution in [-0.4, -0.2) is 35.7 Å². The highest BCUT2D eigenvalue weighted by Crippen LogP contribution is 2.33. The summed E-state index contributed by atoms with van der Waals surface area (Å²) < 4.78 is 0. The Hall–Kier alpha value is -2.93. The van der Waals surface area contributed by atoms with E-state index in [1.807, 2.05) is 4.90 Å². The van der Waals surface area contributed by atoms with Crippen molar-refractivity contribution in [3.63, 3.8) is 0 Å². The number of nitrogens with zero attached hydrogens (tertiary/aromatic N) is 2. The maximum absolute atomic E-state index is 12.7. The highest BCUT2D eigenvalue weighted by molar-refractivity contribution is 6.30. The second kappa shape index (κ2) is 8.44. The summed E-state index contributed by atoms with van der Waals surface area (Å²) in [7, 11) is 0. The molecule has 8 heteroatoms. The lowest BCUT2D eigenvalue weighted by molar-refractivity contribution is -0.384. The van der Waals surface area contributed by atoms with E-state index in [0.29, 0.717) is 47.8 Å². The molecule has 1 amide bonds. The smallest absolute Gasteiger partial charge is 0.293 e. The normalized spacial score (nSPS) is 16.9.